The van der Waals surface area contributed by atoms with E-state index in [0.29, 0.717) is 19.0 Å². The summed E-state index contributed by atoms with van der Waals surface area (Å²) in [4.78, 5) is 28.5. The summed E-state index contributed by atoms with van der Waals surface area (Å²) in [6.07, 6.45) is 0. The maximum absolute atomic E-state index is 12.8. The molecule has 1 amide bonds. The summed E-state index contributed by atoms with van der Waals surface area (Å²) >= 11 is 0. The molecule has 0 saturated carbocycles. The fourth-order valence-corrected chi connectivity index (χ4v) is 3.81. The van der Waals surface area contributed by atoms with Gasteiger partial charge in [0.15, 0.2) is 0 Å². The van der Waals surface area contributed by atoms with Gasteiger partial charge in [0.2, 0.25) is 5.91 Å². The van der Waals surface area contributed by atoms with Crippen LogP contribution in [-0.4, -0.2) is 65.4 Å². The molecule has 1 saturated heterocycles. The molecule has 0 aliphatic carbocycles. The third kappa shape index (κ3) is 5.57. The van der Waals surface area contributed by atoms with Crippen LogP contribution < -0.4 is 4.90 Å². The molecule has 0 N–H and O–H groups in total. The lowest BCUT2D eigenvalue weighted by Crippen LogP contribution is -2.50. The van der Waals surface area contributed by atoms with Crippen molar-refractivity contribution < 1.29 is 4.79 Å². The number of nitrogens with zero attached hydrogens (tertiary/aromatic N) is 5. The minimum absolute atomic E-state index is 0.170. The van der Waals surface area contributed by atoms with Gasteiger partial charge in [0.05, 0.1) is 6.54 Å². The van der Waals surface area contributed by atoms with Crippen molar-refractivity contribution in [3.8, 4) is 0 Å². The van der Waals surface area contributed by atoms with E-state index in [-0.39, 0.29) is 5.91 Å². The zero-order valence-corrected chi connectivity index (χ0v) is 19.3. The quantitative estimate of drug-likeness (QED) is 0.733. The number of hydrogen-bond donors (Lipinski definition) is 0. The zero-order chi connectivity index (χ0) is 21.8. The van der Waals surface area contributed by atoms with Gasteiger partial charge in [-0.1, -0.05) is 37.6 Å². The van der Waals surface area contributed by atoms with Crippen LogP contribution >= 0.6 is 0 Å². The number of carbonyl (C=O) groups is 1. The molecule has 2 aromatic rings. The maximum atomic E-state index is 12.8. The summed E-state index contributed by atoms with van der Waals surface area (Å²) in [5, 5.41) is 0. The SMILES string of the molecule is Cc1ccc(CN(C)C(=O)CN2CCN(c3cc(C)nc(C(C)C)n3)CC2)c(C)c1. The van der Waals surface area contributed by atoms with E-state index in [0.717, 1.165) is 43.5 Å². The summed E-state index contributed by atoms with van der Waals surface area (Å²) in [5.74, 6) is 2.39. The number of carbonyl (C=O) groups excluding carboxylic acids is 1. The Kier molecular flexibility index (Phi) is 7.08. The summed E-state index contributed by atoms with van der Waals surface area (Å²) < 4.78 is 0. The van der Waals surface area contributed by atoms with Gasteiger partial charge >= 0.3 is 0 Å². The second kappa shape index (κ2) is 9.56. The van der Waals surface area contributed by atoms with Crippen LogP contribution in [0.5, 0.6) is 0 Å². The molecule has 30 heavy (non-hydrogen) atoms. The minimum atomic E-state index is 0.170. The largest absolute Gasteiger partial charge is 0.354 e. The van der Waals surface area contributed by atoms with E-state index in [1.165, 1.54) is 16.7 Å². The Morgan fingerprint density at radius 2 is 1.77 bits per heavy atom. The van der Waals surface area contributed by atoms with Crippen LogP contribution in [0.3, 0.4) is 0 Å². The molecule has 0 radical (unpaired) electrons. The van der Waals surface area contributed by atoms with Gasteiger partial charge in [-0.3, -0.25) is 9.69 Å². The first-order valence-electron chi connectivity index (χ1n) is 10.9. The molecule has 2 heterocycles. The lowest BCUT2D eigenvalue weighted by Gasteiger charge is -2.36. The molecule has 1 aromatic heterocycles. The highest BCUT2D eigenvalue weighted by Crippen LogP contribution is 2.19. The smallest absolute Gasteiger partial charge is 0.236 e. The van der Waals surface area contributed by atoms with Crippen molar-refractivity contribution in [2.24, 2.45) is 0 Å². The lowest BCUT2D eigenvalue weighted by molar-refractivity contribution is -0.131. The zero-order valence-electron chi connectivity index (χ0n) is 19.3. The van der Waals surface area contributed by atoms with Gasteiger partial charge in [0.25, 0.3) is 0 Å². The first-order valence-corrected chi connectivity index (χ1v) is 10.9. The standard InChI is InChI=1S/C24H35N5O/c1-17(2)24-25-20(5)14-22(26-24)29-11-9-28(10-12-29)16-23(30)27(6)15-21-8-7-18(3)13-19(21)4/h7-8,13-14,17H,9-12,15-16H2,1-6H3. The van der Waals surface area contributed by atoms with Crippen molar-refractivity contribution in [1.29, 1.82) is 0 Å². The highest BCUT2D eigenvalue weighted by Gasteiger charge is 2.22. The van der Waals surface area contributed by atoms with Crippen molar-refractivity contribution >= 4 is 11.7 Å². The van der Waals surface area contributed by atoms with Gasteiger partial charge in [-0.25, -0.2) is 9.97 Å². The van der Waals surface area contributed by atoms with Gasteiger partial charge in [-0.15, -0.1) is 0 Å². The van der Waals surface area contributed by atoms with Crippen LogP contribution in [-0.2, 0) is 11.3 Å². The van der Waals surface area contributed by atoms with Gasteiger partial charge in [0, 0.05) is 57.4 Å². The molecule has 0 atom stereocenters. The van der Waals surface area contributed by atoms with Gasteiger partial charge in [-0.05, 0) is 31.9 Å². The molecule has 1 aliphatic rings. The Balaban J connectivity index is 1.53. The predicted molar refractivity (Wildman–Crippen MR) is 122 cm³/mol. The minimum Gasteiger partial charge on any atom is -0.354 e. The number of likely N-dealkylation sites (N-methyl/N-ethyl adjacent to an activating group) is 1. The molecule has 0 unspecified atom stereocenters. The van der Waals surface area contributed by atoms with E-state index in [1.807, 2.05) is 18.9 Å². The molecule has 6 nitrogen and oxygen atoms in total. The van der Waals surface area contributed by atoms with E-state index in [4.69, 9.17) is 4.98 Å². The maximum Gasteiger partial charge on any atom is 0.236 e. The summed E-state index contributed by atoms with van der Waals surface area (Å²) in [7, 11) is 1.90. The number of anilines is 1. The number of amides is 1. The van der Waals surface area contributed by atoms with Crippen LogP contribution in [0.25, 0.3) is 0 Å². The van der Waals surface area contributed by atoms with Crippen molar-refractivity contribution in [1.82, 2.24) is 19.8 Å². The predicted octanol–water partition coefficient (Wildman–Crippen LogP) is 3.31. The van der Waals surface area contributed by atoms with Crippen LogP contribution in [0.1, 0.15) is 48.0 Å². The molecule has 0 bridgehead atoms. The number of rotatable bonds is 6. The topological polar surface area (TPSA) is 52.6 Å². The molecular formula is C24H35N5O. The van der Waals surface area contributed by atoms with Crippen LogP contribution in [0.4, 0.5) is 5.82 Å². The lowest BCUT2D eigenvalue weighted by atomic mass is 10.1. The normalized spacial score (nSPS) is 15.0. The van der Waals surface area contributed by atoms with Crippen molar-refractivity contribution in [2.75, 3.05) is 44.7 Å². The number of benzene rings is 1. The third-order valence-electron chi connectivity index (χ3n) is 5.76. The first-order chi connectivity index (χ1) is 14.2. The van der Waals surface area contributed by atoms with E-state index in [9.17, 15) is 4.79 Å². The van der Waals surface area contributed by atoms with Crippen LogP contribution in [0.15, 0.2) is 24.3 Å². The molecule has 1 fully saturated rings. The number of aryl methyl sites for hydroxylation is 3. The van der Waals surface area contributed by atoms with Crippen molar-refractivity contribution in [2.45, 2.75) is 47.1 Å². The monoisotopic (exact) mass is 409 g/mol. The summed E-state index contributed by atoms with van der Waals surface area (Å²) in [5.41, 5.74) is 4.71. The number of aromatic nitrogens is 2. The Morgan fingerprint density at radius 1 is 1.07 bits per heavy atom. The molecule has 162 valence electrons. The van der Waals surface area contributed by atoms with Gasteiger partial charge in [-0.2, -0.15) is 0 Å². The average Bonchev–Trinajstić information content (AvgIpc) is 2.70. The van der Waals surface area contributed by atoms with E-state index < -0.39 is 0 Å². The number of hydrogen-bond acceptors (Lipinski definition) is 5. The summed E-state index contributed by atoms with van der Waals surface area (Å²) in [6, 6.07) is 8.47. The second-order valence-corrected chi connectivity index (χ2v) is 8.82. The van der Waals surface area contributed by atoms with E-state index in [1.54, 1.807) is 0 Å². The highest BCUT2D eigenvalue weighted by atomic mass is 16.2. The molecule has 1 aliphatic heterocycles. The molecular weight excluding hydrogens is 374 g/mol. The van der Waals surface area contributed by atoms with Crippen molar-refractivity contribution in [3.63, 3.8) is 0 Å². The third-order valence-corrected chi connectivity index (χ3v) is 5.76. The van der Waals surface area contributed by atoms with E-state index in [2.05, 4.69) is 66.7 Å². The molecule has 1 aromatic carbocycles. The first kappa shape index (κ1) is 22.2. The molecule has 0 spiro atoms. The molecule has 3 rings (SSSR count). The highest BCUT2D eigenvalue weighted by molar-refractivity contribution is 5.78. The second-order valence-electron chi connectivity index (χ2n) is 8.82. The van der Waals surface area contributed by atoms with Crippen LogP contribution in [0, 0.1) is 20.8 Å². The van der Waals surface area contributed by atoms with E-state index >= 15 is 0 Å². The van der Waals surface area contributed by atoms with Crippen molar-refractivity contribution in [3.05, 3.63) is 52.5 Å². The fourth-order valence-electron chi connectivity index (χ4n) is 3.81. The number of piperazine rings is 1. The van der Waals surface area contributed by atoms with Gasteiger partial charge in [0.1, 0.15) is 11.6 Å². The summed E-state index contributed by atoms with van der Waals surface area (Å²) in [6.45, 7) is 15.1. The van der Waals surface area contributed by atoms with Gasteiger partial charge < -0.3 is 9.80 Å². The molecule has 6 heteroatoms. The fraction of sp³-hybridized carbons (Fsp3) is 0.542. The average molecular weight is 410 g/mol. The Hall–Kier alpha value is -2.47. The Morgan fingerprint density at radius 3 is 2.40 bits per heavy atom. The Bertz CT molecular complexity index is 887. The Labute approximate surface area is 180 Å². The van der Waals surface area contributed by atoms with Crippen LogP contribution in [0.2, 0.25) is 0 Å².